The van der Waals surface area contributed by atoms with Gasteiger partial charge in [-0.25, -0.2) is 9.07 Å². The topological polar surface area (TPSA) is 91.9 Å². The zero-order chi connectivity index (χ0) is 25.2. The van der Waals surface area contributed by atoms with Crippen molar-refractivity contribution >= 4 is 17.4 Å². The standard InChI is InChI=1S/C27H27FN4O4/c1-18-21(17-29-32(18)19-7-3-2-4-8-19)25(33)23-24(20-9-5-6-10-22(20)28)31(27(35)26(23)34)12-11-30-13-15-36-16-14-30/h2-10,17,24,33H,11-16H2,1H3. The molecule has 0 aliphatic carbocycles. The third-order valence-corrected chi connectivity index (χ3v) is 6.89. The molecule has 0 bridgehead atoms. The van der Waals surface area contributed by atoms with Gasteiger partial charge in [-0.15, -0.1) is 0 Å². The normalized spacial score (nSPS) is 20.3. The Bertz CT molecular complexity index is 1310. The Kier molecular flexibility index (Phi) is 6.67. The smallest absolute Gasteiger partial charge is 0.295 e. The molecular formula is C27H27FN4O4. The van der Waals surface area contributed by atoms with Gasteiger partial charge in [-0.1, -0.05) is 42.2 Å². The Labute approximate surface area is 208 Å². The third-order valence-electron chi connectivity index (χ3n) is 6.89. The van der Waals surface area contributed by atoms with Crippen molar-refractivity contribution in [3.05, 3.63) is 89.0 Å². The first-order valence-electron chi connectivity index (χ1n) is 12.0. The predicted octanol–water partition coefficient (Wildman–Crippen LogP) is 0.459. The van der Waals surface area contributed by atoms with E-state index in [1.807, 2.05) is 30.3 Å². The summed E-state index contributed by atoms with van der Waals surface area (Å²) in [5, 5.41) is 18.1. The summed E-state index contributed by atoms with van der Waals surface area (Å²) in [7, 11) is 0. The van der Waals surface area contributed by atoms with Gasteiger partial charge in [0.2, 0.25) is 5.78 Å². The van der Waals surface area contributed by atoms with E-state index in [0.29, 0.717) is 25.5 Å². The quantitative estimate of drug-likeness (QED) is 0.308. The highest BCUT2D eigenvalue weighted by Crippen LogP contribution is 2.39. The molecule has 186 valence electrons. The van der Waals surface area contributed by atoms with E-state index in [1.54, 1.807) is 17.7 Å². The number of likely N-dealkylation sites (tertiary alicyclic amines) is 1. The van der Waals surface area contributed by atoms with Crippen LogP contribution < -0.4 is 10.0 Å². The zero-order valence-electron chi connectivity index (χ0n) is 19.9. The number of carbonyl (C=O) groups excluding carboxylic acids is 2. The molecule has 1 atom stereocenters. The van der Waals surface area contributed by atoms with E-state index < -0.39 is 29.3 Å². The summed E-state index contributed by atoms with van der Waals surface area (Å²) in [4.78, 5) is 29.0. The Hall–Kier alpha value is -3.82. The minimum absolute atomic E-state index is 0.130. The predicted molar refractivity (Wildman–Crippen MR) is 127 cm³/mol. The number of quaternary nitrogens is 1. The molecule has 2 aromatic carbocycles. The van der Waals surface area contributed by atoms with Crippen LogP contribution in [0.5, 0.6) is 0 Å². The average molecular weight is 491 g/mol. The van der Waals surface area contributed by atoms with Crippen LogP contribution in [0.4, 0.5) is 4.39 Å². The summed E-state index contributed by atoms with van der Waals surface area (Å²) in [6, 6.07) is 14.2. The second kappa shape index (κ2) is 10.0. The van der Waals surface area contributed by atoms with Crippen LogP contribution in [-0.4, -0.2) is 65.8 Å². The van der Waals surface area contributed by atoms with Crippen molar-refractivity contribution in [3.63, 3.8) is 0 Å². The number of nitrogens with zero attached hydrogens (tertiary/aromatic N) is 3. The summed E-state index contributed by atoms with van der Waals surface area (Å²) in [5.74, 6) is -2.86. The number of hydrogen-bond acceptors (Lipinski definition) is 5. The van der Waals surface area contributed by atoms with Gasteiger partial charge in [0, 0.05) is 22.4 Å². The second-order valence-electron chi connectivity index (χ2n) is 9.00. The molecule has 36 heavy (non-hydrogen) atoms. The number of aromatic nitrogens is 2. The number of ether oxygens (including phenoxy) is 1. The summed E-state index contributed by atoms with van der Waals surface area (Å²) >= 11 is 0. The number of ketones is 1. The molecule has 3 heterocycles. The molecule has 0 saturated carbocycles. The maximum Gasteiger partial charge on any atom is 0.295 e. The minimum atomic E-state index is -1.10. The van der Waals surface area contributed by atoms with Crippen molar-refractivity contribution in [2.45, 2.75) is 13.0 Å². The lowest BCUT2D eigenvalue weighted by atomic mass is 9.95. The fourth-order valence-electron chi connectivity index (χ4n) is 4.92. The monoisotopic (exact) mass is 490 g/mol. The highest BCUT2D eigenvalue weighted by atomic mass is 19.1. The first kappa shape index (κ1) is 23.9. The Balaban J connectivity index is 1.57. The van der Waals surface area contributed by atoms with Crippen molar-refractivity contribution in [3.8, 4) is 5.69 Å². The number of para-hydroxylation sites is 1. The van der Waals surface area contributed by atoms with E-state index in [1.165, 1.54) is 34.2 Å². The van der Waals surface area contributed by atoms with Crippen LogP contribution in [0.25, 0.3) is 11.4 Å². The SMILES string of the molecule is Cc1c(C([O-])=C2C(=O)C(=O)N(CC[NH+]3CCOCC3)C2c2ccccc2F)cnn1-c1ccccc1. The van der Waals surface area contributed by atoms with Crippen LogP contribution in [0.15, 0.2) is 66.4 Å². The number of nitrogens with one attached hydrogen (secondary N) is 1. The van der Waals surface area contributed by atoms with Gasteiger partial charge in [0.05, 0.1) is 44.2 Å². The van der Waals surface area contributed by atoms with Gasteiger partial charge >= 0.3 is 0 Å². The van der Waals surface area contributed by atoms with Gasteiger partial charge in [-0.05, 0) is 25.1 Å². The maximum atomic E-state index is 15.0. The largest absolute Gasteiger partial charge is 0.872 e. The van der Waals surface area contributed by atoms with E-state index in [0.717, 1.165) is 18.8 Å². The molecule has 2 fully saturated rings. The van der Waals surface area contributed by atoms with Crippen molar-refractivity contribution in [1.29, 1.82) is 0 Å². The molecule has 2 aliphatic heterocycles. The molecule has 2 aliphatic rings. The second-order valence-corrected chi connectivity index (χ2v) is 9.00. The summed E-state index contributed by atoms with van der Waals surface area (Å²) in [6.07, 6.45) is 1.40. The van der Waals surface area contributed by atoms with Crippen molar-refractivity contribution in [2.24, 2.45) is 0 Å². The number of rotatable bonds is 6. The van der Waals surface area contributed by atoms with Gasteiger partial charge in [-0.3, -0.25) is 9.59 Å². The van der Waals surface area contributed by atoms with Crippen molar-refractivity contribution in [1.82, 2.24) is 14.7 Å². The molecular weight excluding hydrogens is 463 g/mol. The van der Waals surface area contributed by atoms with Crippen LogP contribution in [0, 0.1) is 12.7 Å². The average Bonchev–Trinajstić information content (AvgIpc) is 3.41. The van der Waals surface area contributed by atoms with Crippen molar-refractivity contribution in [2.75, 3.05) is 39.4 Å². The van der Waals surface area contributed by atoms with Crippen LogP contribution in [0.2, 0.25) is 0 Å². The number of morpholine rings is 1. The van der Waals surface area contributed by atoms with E-state index in [2.05, 4.69) is 5.10 Å². The maximum absolute atomic E-state index is 15.0. The fraction of sp³-hybridized carbons (Fsp3) is 0.296. The van der Waals surface area contributed by atoms with Crippen LogP contribution >= 0.6 is 0 Å². The van der Waals surface area contributed by atoms with Gasteiger partial charge in [0.25, 0.3) is 5.91 Å². The molecule has 5 rings (SSSR count). The van der Waals surface area contributed by atoms with E-state index >= 15 is 0 Å². The Morgan fingerprint density at radius 1 is 1.11 bits per heavy atom. The molecule has 3 aromatic rings. The molecule has 1 unspecified atom stereocenters. The molecule has 2 saturated heterocycles. The number of hydrogen-bond donors (Lipinski definition) is 1. The molecule has 0 spiro atoms. The summed E-state index contributed by atoms with van der Waals surface area (Å²) in [6.45, 7) is 5.34. The summed E-state index contributed by atoms with van der Waals surface area (Å²) in [5.41, 5.74) is 1.39. The van der Waals surface area contributed by atoms with Gasteiger partial charge in [-0.2, -0.15) is 5.10 Å². The number of carbonyl (C=O) groups is 2. The lowest BCUT2D eigenvalue weighted by molar-refractivity contribution is -0.907. The molecule has 9 heteroatoms. The Morgan fingerprint density at radius 2 is 1.81 bits per heavy atom. The van der Waals surface area contributed by atoms with E-state index in [-0.39, 0.29) is 23.2 Å². The number of halogens is 1. The number of benzene rings is 2. The van der Waals surface area contributed by atoms with Crippen LogP contribution in [0.1, 0.15) is 22.9 Å². The van der Waals surface area contributed by atoms with Gasteiger partial charge < -0.3 is 19.6 Å². The molecule has 0 radical (unpaired) electrons. The van der Waals surface area contributed by atoms with E-state index in [4.69, 9.17) is 4.74 Å². The third kappa shape index (κ3) is 4.31. The van der Waals surface area contributed by atoms with Gasteiger partial charge in [0.15, 0.2) is 0 Å². The molecule has 8 nitrogen and oxygen atoms in total. The number of Topliss-reactive ketones (excluding diaryl/α,β-unsaturated/α-hetero) is 1. The lowest BCUT2D eigenvalue weighted by Crippen LogP contribution is -3.14. The molecule has 1 N–H and O–H groups in total. The van der Waals surface area contributed by atoms with Crippen molar-refractivity contribution < 1.29 is 28.7 Å². The molecule has 1 aromatic heterocycles. The van der Waals surface area contributed by atoms with E-state index in [9.17, 15) is 19.1 Å². The van der Waals surface area contributed by atoms with Gasteiger partial charge in [0.1, 0.15) is 18.9 Å². The lowest BCUT2D eigenvalue weighted by Gasteiger charge is -2.30. The van der Waals surface area contributed by atoms with Crippen LogP contribution in [-0.2, 0) is 14.3 Å². The first-order valence-corrected chi connectivity index (χ1v) is 12.0. The minimum Gasteiger partial charge on any atom is -0.872 e. The first-order chi connectivity index (χ1) is 17.5. The van der Waals surface area contributed by atoms with Crippen LogP contribution in [0.3, 0.4) is 0 Å². The highest BCUT2D eigenvalue weighted by Gasteiger charge is 2.45. The summed E-state index contributed by atoms with van der Waals surface area (Å²) < 4.78 is 22.0. The highest BCUT2D eigenvalue weighted by molar-refractivity contribution is 6.46. The fourth-order valence-corrected chi connectivity index (χ4v) is 4.92. The Morgan fingerprint density at radius 3 is 2.53 bits per heavy atom. The number of amides is 1. The molecule has 1 amide bonds. The zero-order valence-corrected chi connectivity index (χ0v) is 19.9.